The Labute approximate surface area is 93.7 Å². The third-order valence-electron chi connectivity index (χ3n) is 2.43. The van der Waals surface area contributed by atoms with Crippen LogP contribution >= 0.6 is 0 Å². The maximum atomic E-state index is 12.8. The molecule has 0 aliphatic carbocycles. The molecule has 1 nitrogen and oxygen atoms in total. The van der Waals surface area contributed by atoms with Gasteiger partial charge in [0.05, 0.1) is 0 Å². The Hall–Kier alpha value is -1.03. The Bertz CT molecular complexity index is 333. The van der Waals surface area contributed by atoms with E-state index >= 15 is 0 Å². The van der Waals surface area contributed by atoms with Crippen LogP contribution in [0.3, 0.4) is 0 Å². The van der Waals surface area contributed by atoms with Crippen LogP contribution in [0.25, 0.3) is 0 Å². The predicted molar refractivity (Wildman–Crippen MR) is 58.3 cm³/mol. The third-order valence-corrected chi connectivity index (χ3v) is 2.43. The second-order valence-corrected chi connectivity index (χ2v) is 3.79. The van der Waals surface area contributed by atoms with E-state index in [2.05, 4.69) is 5.32 Å². The summed E-state index contributed by atoms with van der Waals surface area (Å²) in [4.78, 5) is 0. The number of halogens is 3. The summed E-state index contributed by atoms with van der Waals surface area (Å²) < 4.78 is 38.5. The second kappa shape index (κ2) is 5.34. The Morgan fingerprint density at radius 2 is 1.88 bits per heavy atom. The standard InChI is InChI=1S/C12H16F3N/c1-3-8-16-11(12(13,14)15)10-7-5-4-6-9(10)2/h4-7,11,16H,3,8H2,1-2H3. The fourth-order valence-electron chi connectivity index (χ4n) is 1.60. The Morgan fingerprint density at radius 3 is 2.38 bits per heavy atom. The molecule has 4 heteroatoms. The van der Waals surface area contributed by atoms with Crippen LogP contribution in [0.2, 0.25) is 0 Å². The summed E-state index contributed by atoms with van der Waals surface area (Å²) in [6.07, 6.45) is -3.57. The van der Waals surface area contributed by atoms with Crippen molar-refractivity contribution in [2.24, 2.45) is 0 Å². The summed E-state index contributed by atoms with van der Waals surface area (Å²) in [5, 5.41) is 2.54. The first-order chi connectivity index (χ1) is 7.46. The molecule has 1 atom stereocenters. The van der Waals surface area contributed by atoms with E-state index in [9.17, 15) is 13.2 Å². The first-order valence-corrected chi connectivity index (χ1v) is 5.32. The quantitative estimate of drug-likeness (QED) is 0.834. The van der Waals surface area contributed by atoms with Crippen molar-refractivity contribution < 1.29 is 13.2 Å². The smallest absolute Gasteiger partial charge is 0.302 e. The van der Waals surface area contributed by atoms with E-state index in [1.165, 1.54) is 6.07 Å². The molecule has 0 aromatic heterocycles. The van der Waals surface area contributed by atoms with Crippen molar-refractivity contribution >= 4 is 0 Å². The largest absolute Gasteiger partial charge is 0.407 e. The number of nitrogens with one attached hydrogen (secondary N) is 1. The van der Waals surface area contributed by atoms with Gasteiger partial charge in [-0.3, -0.25) is 0 Å². The first kappa shape index (κ1) is 13.0. The summed E-state index contributed by atoms with van der Waals surface area (Å²) in [5.74, 6) is 0. The van der Waals surface area contributed by atoms with Crippen molar-refractivity contribution in [3.63, 3.8) is 0 Å². The lowest BCUT2D eigenvalue weighted by molar-refractivity contribution is -0.157. The molecule has 0 aliphatic heterocycles. The molecule has 90 valence electrons. The van der Waals surface area contributed by atoms with Crippen molar-refractivity contribution in [3.05, 3.63) is 35.4 Å². The fourth-order valence-corrected chi connectivity index (χ4v) is 1.60. The van der Waals surface area contributed by atoms with Gasteiger partial charge in [-0.15, -0.1) is 0 Å². The molecular formula is C12H16F3N. The Balaban J connectivity index is 2.97. The molecule has 1 N–H and O–H groups in total. The van der Waals surface area contributed by atoms with E-state index in [0.29, 0.717) is 24.1 Å². The number of rotatable bonds is 4. The van der Waals surface area contributed by atoms with Crippen LogP contribution < -0.4 is 5.32 Å². The highest BCUT2D eigenvalue weighted by Crippen LogP contribution is 2.33. The van der Waals surface area contributed by atoms with Gasteiger partial charge in [0.2, 0.25) is 0 Å². The summed E-state index contributed by atoms with van der Waals surface area (Å²) in [6.45, 7) is 3.90. The van der Waals surface area contributed by atoms with E-state index in [4.69, 9.17) is 0 Å². The highest BCUT2D eigenvalue weighted by atomic mass is 19.4. The minimum Gasteiger partial charge on any atom is -0.302 e. The van der Waals surface area contributed by atoms with Gasteiger partial charge in [-0.2, -0.15) is 13.2 Å². The SMILES string of the molecule is CCCNC(c1ccccc1C)C(F)(F)F. The van der Waals surface area contributed by atoms with Crippen LogP contribution in [0.1, 0.15) is 30.5 Å². The maximum Gasteiger partial charge on any atom is 0.407 e. The van der Waals surface area contributed by atoms with Crippen molar-refractivity contribution in [3.8, 4) is 0 Å². The van der Waals surface area contributed by atoms with Crippen LogP contribution in [-0.4, -0.2) is 12.7 Å². The second-order valence-electron chi connectivity index (χ2n) is 3.79. The van der Waals surface area contributed by atoms with Crippen molar-refractivity contribution in [1.29, 1.82) is 0 Å². The van der Waals surface area contributed by atoms with Gasteiger partial charge in [0.1, 0.15) is 6.04 Å². The summed E-state index contributed by atoms with van der Waals surface area (Å²) in [5.41, 5.74) is 0.969. The zero-order valence-electron chi connectivity index (χ0n) is 9.43. The van der Waals surface area contributed by atoms with Gasteiger partial charge in [-0.1, -0.05) is 31.2 Å². The van der Waals surface area contributed by atoms with Gasteiger partial charge < -0.3 is 5.32 Å². The monoisotopic (exact) mass is 231 g/mol. The van der Waals surface area contributed by atoms with Crippen molar-refractivity contribution in [2.75, 3.05) is 6.54 Å². The van der Waals surface area contributed by atoms with Gasteiger partial charge >= 0.3 is 6.18 Å². The molecule has 0 spiro atoms. The molecule has 0 heterocycles. The minimum atomic E-state index is -4.25. The van der Waals surface area contributed by atoms with E-state index < -0.39 is 12.2 Å². The molecule has 0 saturated heterocycles. The number of hydrogen-bond donors (Lipinski definition) is 1. The van der Waals surface area contributed by atoms with Gasteiger partial charge in [-0.25, -0.2) is 0 Å². The Kier molecular flexibility index (Phi) is 4.35. The molecule has 0 fully saturated rings. The molecule has 0 saturated carbocycles. The van der Waals surface area contributed by atoms with Crippen LogP contribution in [0, 0.1) is 6.92 Å². The molecule has 1 rings (SSSR count). The minimum absolute atomic E-state index is 0.309. The van der Waals surface area contributed by atoms with Gasteiger partial charge in [0.15, 0.2) is 0 Å². The highest BCUT2D eigenvalue weighted by Gasteiger charge is 2.40. The summed E-state index contributed by atoms with van der Waals surface area (Å²) in [6, 6.07) is 5.03. The summed E-state index contributed by atoms with van der Waals surface area (Å²) >= 11 is 0. The average Bonchev–Trinajstić information content (AvgIpc) is 2.19. The molecule has 1 aromatic rings. The zero-order chi connectivity index (χ0) is 12.2. The summed E-state index contributed by atoms with van der Waals surface area (Å²) in [7, 11) is 0. The zero-order valence-corrected chi connectivity index (χ0v) is 9.43. The molecule has 0 aliphatic rings. The number of aryl methyl sites for hydroxylation is 1. The van der Waals surface area contributed by atoms with E-state index in [-0.39, 0.29) is 0 Å². The van der Waals surface area contributed by atoms with Crippen LogP contribution in [0.5, 0.6) is 0 Å². The molecule has 1 aromatic carbocycles. The fraction of sp³-hybridized carbons (Fsp3) is 0.500. The van der Waals surface area contributed by atoms with Crippen molar-refractivity contribution in [2.45, 2.75) is 32.5 Å². The molecular weight excluding hydrogens is 215 g/mol. The van der Waals surface area contributed by atoms with Gasteiger partial charge in [-0.05, 0) is 31.0 Å². The average molecular weight is 231 g/mol. The van der Waals surface area contributed by atoms with E-state index in [1.54, 1.807) is 25.1 Å². The van der Waals surface area contributed by atoms with Crippen LogP contribution in [-0.2, 0) is 0 Å². The number of benzene rings is 1. The number of hydrogen-bond acceptors (Lipinski definition) is 1. The van der Waals surface area contributed by atoms with Crippen LogP contribution in [0.15, 0.2) is 24.3 Å². The molecule has 0 bridgehead atoms. The first-order valence-electron chi connectivity index (χ1n) is 5.32. The maximum absolute atomic E-state index is 12.8. The molecule has 0 amide bonds. The molecule has 0 radical (unpaired) electrons. The lowest BCUT2D eigenvalue weighted by atomic mass is 10.0. The van der Waals surface area contributed by atoms with E-state index in [0.717, 1.165) is 0 Å². The Morgan fingerprint density at radius 1 is 1.25 bits per heavy atom. The van der Waals surface area contributed by atoms with Gasteiger partial charge in [0, 0.05) is 0 Å². The van der Waals surface area contributed by atoms with Crippen LogP contribution in [0.4, 0.5) is 13.2 Å². The topological polar surface area (TPSA) is 12.0 Å². The number of alkyl halides is 3. The lowest BCUT2D eigenvalue weighted by Crippen LogP contribution is -2.35. The molecule has 1 unspecified atom stereocenters. The predicted octanol–water partition coefficient (Wildman–Crippen LogP) is 3.60. The van der Waals surface area contributed by atoms with Crippen molar-refractivity contribution in [1.82, 2.24) is 5.32 Å². The highest BCUT2D eigenvalue weighted by molar-refractivity contribution is 5.29. The molecule has 16 heavy (non-hydrogen) atoms. The normalized spacial score (nSPS) is 13.8. The third kappa shape index (κ3) is 3.23. The lowest BCUT2D eigenvalue weighted by Gasteiger charge is -2.23. The van der Waals surface area contributed by atoms with E-state index in [1.807, 2.05) is 6.92 Å². The van der Waals surface area contributed by atoms with Gasteiger partial charge in [0.25, 0.3) is 0 Å².